The number of rotatable bonds is 6. The molecule has 0 aliphatic carbocycles. The van der Waals surface area contributed by atoms with E-state index in [4.69, 9.17) is 36.1 Å². The first-order valence-corrected chi connectivity index (χ1v) is 17.1. The number of nitro benzene ring substituents is 2. The summed E-state index contributed by atoms with van der Waals surface area (Å²) in [5, 5.41) is 39.0. The normalized spacial score (nSPS) is 12.5. The third kappa shape index (κ3) is 11.6. The number of nitrogens with one attached hydrogen (secondary N) is 1. The van der Waals surface area contributed by atoms with Crippen molar-refractivity contribution in [3.05, 3.63) is 88.5 Å². The van der Waals surface area contributed by atoms with Gasteiger partial charge in [0.05, 0.1) is 14.4 Å². The van der Waals surface area contributed by atoms with Gasteiger partial charge < -0.3 is 25.0 Å². The van der Waals surface area contributed by atoms with Gasteiger partial charge in [0.1, 0.15) is 11.4 Å². The Labute approximate surface area is 312 Å². The number of hydrogen-bond acceptors (Lipinski definition) is 8. The summed E-state index contributed by atoms with van der Waals surface area (Å²) < 4.78 is 25.1. The number of carbonyl (C=O) groups excluding carboxylic acids is 1. The number of para-hydroxylation sites is 1. The fourth-order valence-electron chi connectivity index (χ4n) is 3.62. The van der Waals surface area contributed by atoms with Crippen molar-refractivity contribution in [3.63, 3.8) is 0 Å². The first kappa shape index (κ1) is 37.4. The summed E-state index contributed by atoms with van der Waals surface area (Å²) in [6.07, 6.45) is -0.668. The molecule has 0 spiro atoms. The molecule has 0 aromatic heterocycles. The average Bonchev–Trinajstić information content (AvgIpc) is 2.94. The summed E-state index contributed by atoms with van der Waals surface area (Å²) in [6.45, 7) is 1.00. The third-order valence-corrected chi connectivity index (χ3v) is 9.70. The molecule has 0 atom stereocenters. The van der Waals surface area contributed by atoms with Crippen LogP contribution in [0.5, 0.6) is 11.5 Å². The van der Waals surface area contributed by atoms with Gasteiger partial charge in [0.15, 0.2) is 0 Å². The molecule has 4 rings (SSSR count). The summed E-state index contributed by atoms with van der Waals surface area (Å²) in [4.78, 5) is 41.9. The van der Waals surface area contributed by atoms with Crippen LogP contribution >= 0.6 is 43.5 Å². The molecule has 1 saturated heterocycles. The SMILES string of the molecule is O=C(Nc1ccc(Br)c(Oc2ccccc2Cl)c1[N+](=O)[O-])C1CCOCC1.O=C(O)O.O=[N+]([O-])c1[c]([Cs])ccc(Br)c1F. The number of nitrogens with zero attached hydrogens (tertiary/aromatic N) is 2. The molecule has 1 heterocycles. The number of carboxylic acid groups (broad SMARTS) is 2. The van der Waals surface area contributed by atoms with Crippen molar-refractivity contribution in [1.82, 2.24) is 0 Å². The molecule has 1 fully saturated rings. The van der Waals surface area contributed by atoms with Crippen LogP contribution in [0.25, 0.3) is 0 Å². The zero-order chi connectivity index (χ0) is 32.3. The van der Waals surface area contributed by atoms with Crippen molar-refractivity contribution < 1.29 is 43.5 Å². The number of nitro groups is 2. The second-order valence-electron chi connectivity index (χ2n) is 8.50. The number of anilines is 1. The quantitative estimate of drug-likeness (QED) is 0.178. The minimum absolute atomic E-state index is 0.0297. The van der Waals surface area contributed by atoms with Gasteiger partial charge in [-0.2, -0.15) is 0 Å². The van der Waals surface area contributed by atoms with Crippen molar-refractivity contribution in [2.24, 2.45) is 5.92 Å². The zero-order valence-corrected chi connectivity index (χ0v) is 32.3. The molecule has 43 heavy (non-hydrogen) atoms. The Bertz CT molecular complexity index is 1510. The van der Waals surface area contributed by atoms with E-state index in [0.29, 0.717) is 32.5 Å². The van der Waals surface area contributed by atoms with Gasteiger partial charge in [-0.15, -0.1) is 0 Å². The van der Waals surface area contributed by atoms with Crippen molar-refractivity contribution in [2.75, 3.05) is 18.5 Å². The molecule has 0 radical (unpaired) electrons. The van der Waals surface area contributed by atoms with Gasteiger partial charge in [0, 0.05) is 19.1 Å². The zero-order valence-electron chi connectivity index (χ0n) is 22.1. The van der Waals surface area contributed by atoms with Crippen LogP contribution in [0.4, 0.5) is 26.2 Å². The second-order valence-corrected chi connectivity index (χ2v) is 14.0. The van der Waals surface area contributed by atoms with E-state index in [1.54, 1.807) is 36.4 Å². The van der Waals surface area contributed by atoms with Gasteiger partial charge in [-0.1, -0.05) is 23.7 Å². The monoisotopic (exact) mass is 867 g/mol. The van der Waals surface area contributed by atoms with Crippen LogP contribution in [-0.4, -0.2) is 111 Å². The standard InChI is InChI=1S/C18H16BrClN2O5.C6H2BrFNO2.CH2O3.Cs/c19-12-5-6-14(21-18(23)11-7-9-26-10-8-11)16(22(24)25)17(12)27-15-4-2-1-3-13(15)20;7-4-2-1-3-5(6(4)8)9(10)11;2-1(3)4;/h1-6,11H,7-10H2,(H,21,23);1-2H;(H2,2,3,4);. The van der Waals surface area contributed by atoms with Gasteiger partial charge in [0.25, 0.3) is 0 Å². The summed E-state index contributed by atoms with van der Waals surface area (Å²) in [7, 11) is 0. The van der Waals surface area contributed by atoms with E-state index in [9.17, 15) is 29.4 Å². The summed E-state index contributed by atoms with van der Waals surface area (Å²) in [5.41, 5.74) is -0.641. The predicted octanol–water partition coefficient (Wildman–Crippen LogP) is 6.68. The number of carbonyl (C=O) groups is 2. The fourth-order valence-corrected chi connectivity index (χ4v) is 6.30. The molecular weight excluding hydrogens is 849 g/mol. The van der Waals surface area contributed by atoms with Crippen LogP contribution in [0, 0.1) is 32.0 Å². The number of hydrogen-bond donors (Lipinski definition) is 3. The molecule has 1 amide bonds. The molecule has 0 saturated carbocycles. The summed E-state index contributed by atoms with van der Waals surface area (Å²) >= 11 is 12.1. The summed E-state index contributed by atoms with van der Waals surface area (Å²) in [6, 6.07) is 12.8. The predicted molar refractivity (Wildman–Crippen MR) is 161 cm³/mol. The van der Waals surface area contributed by atoms with Crippen molar-refractivity contribution in [1.29, 1.82) is 0 Å². The van der Waals surface area contributed by atoms with Crippen LogP contribution in [0.2, 0.25) is 5.02 Å². The Balaban J connectivity index is 0.000000334. The van der Waals surface area contributed by atoms with Gasteiger partial charge >= 0.3 is 138 Å². The maximum atomic E-state index is 13.1. The Hall–Kier alpha value is -1.81. The third-order valence-electron chi connectivity index (χ3n) is 5.62. The van der Waals surface area contributed by atoms with Crippen LogP contribution < -0.4 is 7.04 Å². The van der Waals surface area contributed by atoms with Crippen molar-refractivity contribution in [2.45, 2.75) is 12.8 Å². The number of ether oxygens (including phenoxy) is 2. The fraction of sp³-hybridized carbons (Fsp3) is 0.200. The van der Waals surface area contributed by atoms with Crippen LogP contribution in [0.1, 0.15) is 12.8 Å². The maximum absolute atomic E-state index is 13.1. The van der Waals surface area contributed by atoms with E-state index in [1.165, 1.54) is 12.1 Å². The average molecular weight is 870 g/mol. The van der Waals surface area contributed by atoms with Gasteiger partial charge in [0.2, 0.25) is 11.7 Å². The van der Waals surface area contributed by atoms with E-state index >= 15 is 0 Å². The molecule has 0 unspecified atom stereocenters. The Morgan fingerprint density at radius 1 is 1.00 bits per heavy atom. The van der Waals surface area contributed by atoms with Crippen LogP contribution in [-0.2, 0) is 9.53 Å². The van der Waals surface area contributed by atoms with Gasteiger partial charge in [-0.05, 0) is 53.0 Å². The van der Waals surface area contributed by atoms with Crippen molar-refractivity contribution in [3.8, 4) is 11.5 Å². The first-order chi connectivity index (χ1) is 20.2. The van der Waals surface area contributed by atoms with E-state index in [0.717, 1.165) is 0 Å². The second kappa shape index (κ2) is 18.2. The molecule has 18 heteroatoms. The Kier molecular flexibility index (Phi) is 15.8. The molecule has 1 aliphatic rings. The first-order valence-electron chi connectivity index (χ1n) is 12.0. The molecule has 0 bridgehead atoms. The number of benzene rings is 3. The number of halogens is 4. The summed E-state index contributed by atoms with van der Waals surface area (Å²) in [5.74, 6) is -1.03. The van der Waals surface area contributed by atoms with Crippen molar-refractivity contribution >= 4 is 135 Å². The van der Waals surface area contributed by atoms with E-state index in [2.05, 4.69) is 37.2 Å². The molecule has 224 valence electrons. The minimum atomic E-state index is -1.83. The topological polar surface area (TPSA) is 191 Å². The number of amides is 1. The molecule has 3 N–H and O–H groups in total. The van der Waals surface area contributed by atoms with Crippen LogP contribution in [0.15, 0.2) is 57.5 Å². The molecule has 3 aromatic carbocycles. The van der Waals surface area contributed by atoms with Gasteiger partial charge in [-0.3, -0.25) is 14.9 Å². The van der Waals surface area contributed by atoms with E-state index in [1.807, 2.05) is 0 Å². The molecule has 13 nitrogen and oxygen atoms in total. The van der Waals surface area contributed by atoms with Gasteiger partial charge in [-0.25, -0.2) is 4.79 Å². The van der Waals surface area contributed by atoms with E-state index < -0.39 is 21.8 Å². The Morgan fingerprint density at radius 3 is 2.09 bits per heavy atom. The molecular formula is C25H20Br2ClCsFN3O10. The van der Waals surface area contributed by atoms with Crippen LogP contribution in [0.3, 0.4) is 0 Å². The van der Waals surface area contributed by atoms with E-state index in [-0.39, 0.29) is 111 Å². The Morgan fingerprint density at radius 2 is 1.56 bits per heavy atom. The molecule has 1 aliphatic heterocycles. The molecule has 3 aromatic rings.